The summed E-state index contributed by atoms with van der Waals surface area (Å²) < 4.78 is 3.83. The summed E-state index contributed by atoms with van der Waals surface area (Å²) in [7, 11) is 4.60. The molecule has 10 nitrogen and oxygen atoms in total. The van der Waals surface area contributed by atoms with Crippen LogP contribution in [0.1, 0.15) is 16.8 Å². The number of aliphatic hydroxyl groups is 1. The highest BCUT2D eigenvalue weighted by Gasteiger charge is 2.17. The van der Waals surface area contributed by atoms with E-state index in [0.29, 0.717) is 18.5 Å². The van der Waals surface area contributed by atoms with E-state index in [2.05, 4.69) is 9.97 Å². The summed E-state index contributed by atoms with van der Waals surface area (Å²) in [5.41, 5.74) is 0.125. The summed E-state index contributed by atoms with van der Waals surface area (Å²) in [6.45, 7) is 0.465. The maximum absolute atomic E-state index is 12.4. The van der Waals surface area contributed by atoms with Crippen LogP contribution in [0.25, 0.3) is 11.2 Å². The van der Waals surface area contributed by atoms with Gasteiger partial charge in [-0.25, -0.2) is 9.78 Å². The number of amides is 1. The molecule has 28 heavy (non-hydrogen) atoms. The van der Waals surface area contributed by atoms with Gasteiger partial charge in [0, 0.05) is 45.6 Å². The summed E-state index contributed by atoms with van der Waals surface area (Å²) in [6.07, 6.45) is 4.05. The fourth-order valence-corrected chi connectivity index (χ4v) is 3.01. The Labute approximate surface area is 160 Å². The quantitative estimate of drug-likeness (QED) is 0.602. The molecule has 3 heterocycles. The van der Waals surface area contributed by atoms with Crippen molar-refractivity contribution in [2.75, 3.05) is 13.6 Å². The van der Waals surface area contributed by atoms with E-state index in [9.17, 15) is 19.5 Å². The monoisotopic (exact) mass is 386 g/mol. The van der Waals surface area contributed by atoms with Gasteiger partial charge in [-0.3, -0.25) is 23.7 Å². The van der Waals surface area contributed by atoms with Gasteiger partial charge < -0.3 is 14.6 Å². The second-order valence-corrected chi connectivity index (χ2v) is 6.68. The molecule has 3 rings (SSSR count). The Morgan fingerprint density at radius 2 is 1.89 bits per heavy atom. The van der Waals surface area contributed by atoms with E-state index in [-0.39, 0.29) is 23.6 Å². The number of rotatable bonds is 6. The Balaban J connectivity index is 1.70. The number of aliphatic hydroxyl groups excluding tert-OH is 1. The van der Waals surface area contributed by atoms with Crippen LogP contribution in [0.3, 0.4) is 0 Å². The third kappa shape index (κ3) is 3.58. The molecular formula is C18H22N6O4. The highest BCUT2D eigenvalue weighted by molar-refractivity contribution is 5.93. The molecule has 1 amide bonds. The van der Waals surface area contributed by atoms with Crippen LogP contribution in [-0.2, 0) is 20.6 Å². The van der Waals surface area contributed by atoms with Crippen molar-refractivity contribution in [3.8, 4) is 0 Å². The minimum Gasteiger partial charge on any atom is -0.391 e. The van der Waals surface area contributed by atoms with Crippen LogP contribution in [0, 0.1) is 0 Å². The zero-order valence-corrected chi connectivity index (χ0v) is 15.9. The molecule has 0 aliphatic rings. The molecule has 0 radical (unpaired) electrons. The molecule has 0 bridgehead atoms. The highest BCUT2D eigenvalue weighted by Crippen LogP contribution is 2.09. The molecule has 1 atom stereocenters. The van der Waals surface area contributed by atoms with Gasteiger partial charge in [0.05, 0.1) is 19.0 Å². The first kappa shape index (κ1) is 19.5. The molecule has 148 valence electrons. The van der Waals surface area contributed by atoms with Gasteiger partial charge >= 0.3 is 5.69 Å². The largest absolute Gasteiger partial charge is 0.391 e. The molecule has 1 unspecified atom stereocenters. The number of fused-ring (bicyclic) bond motifs is 1. The van der Waals surface area contributed by atoms with E-state index in [1.54, 1.807) is 31.6 Å². The number of nitrogens with zero attached hydrogens (tertiary/aromatic N) is 6. The fraction of sp³-hybridized carbons (Fsp3) is 0.389. The van der Waals surface area contributed by atoms with Gasteiger partial charge in [0.15, 0.2) is 11.2 Å². The minimum atomic E-state index is -0.799. The number of pyridine rings is 1. The number of aromatic nitrogens is 5. The lowest BCUT2D eigenvalue weighted by molar-refractivity contribution is 0.0752. The molecular weight excluding hydrogens is 364 g/mol. The molecule has 10 heteroatoms. The van der Waals surface area contributed by atoms with Gasteiger partial charge in [-0.05, 0) is 18.6 Å². The number of imidazole rings is 1. The summed E-state index contributed by atoms with van der Waals surface area (Å²) in [5.74, 6) is -0.161. The Bertz CT molecular complexity index is 1110. The first-order chi connectivity index (χ1) is 13.3. The fourth-order valence-electron chi connectivity index (χ4n) is 3.01. The lowest BCUT2D eigenvalue weighted by atomic mass is 10.2. The Kier molecular flexibility index (Phi) is 5.41. The lowest BCUT2D eigenvalue weighted by Crippen LogP contribution is -2.38. The maximum Gasteiger partial charge on any atom is 0.332 e. The van der Waals surface area contributed by atoms with Gasteiger partial charge in [-0.1, -0.05) is 0 Å². The molecule has 0 aliphatic heterocycles. The van der Waals surface area contributed by atoms with E-state index in [1.807, 2.05) is 0 Å². The van der Waals surface area contributed by atoms with Crippen LogP contribution in [0.4, 0.5) is 0 Å². The van der Waals surface area contributed by atoms with Crippen LogP contribution in [0.15, 0.2) is 40.4 Å². The molecule has 0 spiro atoms. The van der Waals surface area contributed by atoms with Crippen LogP contribution in [-0.4, -0.2) is 59.3 Å². The van der Waals surface area contributed by atoms with Gasteiger partial charge in [0.25, 0.3) is 11.5 Å². The van der Waals surface area contributed by atoms with E-state index < -0.39 is 17.4 Å². The predicted octanol–water partition coefficient (Wildman–Crippen LogP) is -0.648. The van der Waals surface area contributed by atoms with Crippen molar-refractivity contribution in [1.29, 1.82) is 0 Å². The van der Waals surface area contributed by atoms with E-state index in [0.717, 1.165) is 4.57 Å². The molecule has 0 aliphatic carbocycles. The Morgan fingerprint density at radius 1 is 1.21 bits per heavy atom. The average molecular weight is 386 g/mol. The Hall–Kier alpha value is -3.27. The third-order valence-electron chi connectivity index (χ3n) is 4.70. The van der Waals surface area contributed by atoms with Crippen molar-refractivity contribution < 1.29 is 9.90 Å². The van der Waals surface area contributed by atoms with Crippen LogP contribution in [0.5, 0.6) is 0 Å². The second kappa shape index (κ2) is 7.77. The molecule has 3 aromatic rings. The normalized spacial score (nSPS) is 12.3. The van der Waals surface area contributed by atoms with Crippen molar-refractivity contribution in [2.24, 2.45) is 14.1 Å². The van der Waals surface area contributed by atoms with Crippen molar-refractivity contribution in [3.63, 3.8) is 0 Å². The Morgan fingerprint density at radius 3 is 2.57 bits per heavy atom. The van der Waals surface area contributed by atoms with Crippen molar-refractivity contribution >= 4 is 17.1 Å². The van der Waals surface area contributed by atoms with Gasteiger partial charge in [0.1, 0.15) is 0 Å². The number of aryl methyl sites for hydroxylation is 1. The molecule has 1 N–H and O–H groups in total. The van der Waals surface area contributed by atoms with Crippen molar-refractivity contribution in [3.05, 3.63) is 57.3 Å². The van der Waals surface area contributed by atoms with Crippen LogP contribution >= 0.6 is 0 Å². The zero-order valence-electron chi connectivity index (χ0n) is 15.9. The summed E-state index contributed by atoms with van der Waals surface area (Å²) >= 11 is 0. The molecule has 0 aromatic carbocycles. The van der Waals surface area contributed by atoms with E-state index >= 15 is 0 Å². The predicted molar refractivity (Wildman–Crippen MR) is 102 cm³/mol. The SMILES string of the molecule is CN(CCC(O)Cn1cnc2c1c(=O)n(C)c(=O)n2C)C(=O)c1ccncc1. The topological polar surface area (TPSA) is 115 Å². The molecule has 0 saturated carbocycles. The molecule has 3 aromatic heterocycles. The smallest absolute Gasteiger partial charge is 0.332 e. The molecule has 0 fully saturated rings. The van der Waals surface area contributed by atoms with Crippen molar-refractivity contribution in [2.45, 2.75) is 19.1 Å². The zero-order chi connectivity index (χ0) is 20.4. The lowest BCUT2D eigenvalue weighted by Gasteiger charge is -2.19. The number of hydrogen-bond donors (Lipinski definition) is 1. The minimum absolute atomic E-state index is 0.126. The van der Waals surface area contributed by atoms with Crippen molar-refractivity contribution in [1.82, 2.24) is 28.6 Å². The average Bonchev–Trinajstić information content (AvgIpc) is 3.12. The van der Waals surface area contributed by atoms with Crippen LogP contribution in [0.2, 0.25) is 0 Å². The number of hydrogen-bond acceptors (Lipinski definition) is 6. The van der Waals surface area contributed by atoms with Gasteiger partial charge in [-0.15, -0.1) is 0 Å². The second-order valence-electron chi connectivity index (χ2n) is 6.68. The first-order valence-corrected chi connectivity index (χ1v) is 8.75. The third-order valence-corrected chi connectivity index (χ3v) is 4.70. The summed E-state index contributed by atoms with van der Waals surface area (Å²) in [6, 6.07) is 3.26. The van der Waals surface area contributed by atoms with E-state index in [1.165, 1.54) is 34.5 Å². The highest BCUT2D eigenvalue weighted by atomic mass is 16.3. The van der Waals surface area contributed by atoms with Crippen LogP contribution < -0.4 is 11.2 Å². The maximum atomic E-state index is 12.4. The summed E-state index contributed by atoms with van der Waals surface area (Å²) in [5, 5.41) is 10.4. The first-order valence-electron chi connectivity index (χ1n) is 8.75. The molecule has 0 saturated heterocycles. The van der Waals surface area contributed by atoms with Gasteiger partial charge in [0.2, 0.25) is 0 Å². The standard InChI is InChI=1S/C18H22N6O4/c1-21(16(26)12-4-7-19-8-5-12)9-6-13(25)10-24-11-20-15-14(24)17(27)23(3)18(28)22(15)2/h4-5,7-8,11,13,25H,6,9-10H2,1-3H3. The number of carbonyl (C=O) groups excluding carboxylic acids is 1. The number of carbonyl (C=O) groups is 1. The van der Waals surface area contributed by atoms with Gasteiger partial charge in [-0.2, -0.15) is 0 Å². The van der Waals surface area contributed by atoms with E-state index in [4.69, 9.17) is 0 Å². The summed E-state index contributed by atoms with van der Waals surface area (Å²) in [4.78, 5) is 46.3.